The number of para-hydroxylation sites is 1. The maximum Gasteiger partial charge on any atom is 0.422 e. The molecule has 0 saturated carbocycles. The monoisotopic (exact) mass is 591 g/mol. The molecule has 4 rings (SSSR count). The molecule has 14 heteroatoms. The minimum Gasteiger partial charge on any atom is -0.454 e. The summed E-state index contributed by atoms with van der Waals surface area (Å²) in [5.74, 6) is -2.61. The number of carbonyl (C=O) groups is 1. The van der Waals surface area contributed by atoms with Gasteiger partial charge in [-0.2, -0.15) is 18.3 Å². The van der Waals surface area contributed by atoms with E-state index in [2.05, 4.69) is 10.4 Å². The van der Waals surface area contributed by atoms with Crippen molar-refractivity contribution in [1.29, 1.82) is 0 Å². The van der Waals surface area contributed by atoms with Gasteiger partial charge in [0.25, 0.3) is 6.43 Å². The van der Waals surface area contributed by atoms with Crippen LogP contribution in [0.4, 0.5) is 37.7 Å². The van der Waals surface area contributed by atoms with Crippen LogP contribution in [0.3, 0.4) is 0 Å². The molecule has 0 bridgehead atoms. The van der Waals surface area contributed by atoms with Crippen LogP contribution in [0.5, 0.6) is 11.5 Å². The zero-order chi connectivity index (χ0) is 28.2. The highest BCUT2D eigenvalue weighted by Gasteiger charge is 2.41. The van der Waals surface area contributed by atoms with Crippen molar-refractivity contribution in [2.75, 3.05) is 29.9 Å². The average Bonchev–Trinajstić information content (AvgIpc) is 3.30. The molecule has 3 N–H and O–H groups in total. The first-order valence-electron chi connectivity index (χ1n) is 12.3. The second kappa shape index (κ2) is 13.3. The first-order valence-corrected chi connectivity index (χ1v) is 12.3. The van der Waals surface area contributed by atoms with E-state index in [4.69, 9.17) is 10.5 Å². The van der Waals surface area contributed by atoms with Crippen molar-refractivity contribution in [1.82, 2.24) is 9.78 Å². The molecule has 0 radical (unpaired) electrons. The predicted octanol–water partition coefficient (Wildman–Crippen LogP) is 5.88. The molecule has 1 aliphatic rings. The number of halogens is 7. The molecule has 3 aromatic rings. The molecule has 7 nitrogen and oxygen atoms in total. The lowest BCUT2D eigenvalue weighted by Crippen LogP contribution is -2.40. The fraction of sp³-hybridized carbons (Fsp3) is 0.385. The highest BCUT2D eigenvalue weighted by atomic mass is 35.5. The molecule has 2 aromatic carbocycles. The number of amides is 1. The summed E-state index contributed by atoms with van der Waals surface area (Å²) in [6, 6.07) is 8.76. The summed E-state index contributed by atoms with van der Waals surface area (Å²) in [4.78, 5) is 14.3. The fourth-order valence-corrected chi connectivity index (χ4v) is 4.57. The number of hydrogen-bond acceptors (Lipinski definition) is 5. The second-order valence-corrected chi connectivity index (χ2v) is 9.20. The largest absolute Gasteiger partial charge is 0.454 e. The van der Waals surface area contributed by atoms with Gasteiger partial charge in [-0.25, -0.2) is 13.2 Å². The number of anilines is 2. The van der Waals surface area contributed by atoms with Crippen molar-refractivity contribution >= 4 is 29.7 Å². The van der Waals surface area contributed by atoms with Gasteiger partial charge in [0.1, 0.15) is 17.9 Å². The maximum atomic E-state index is 14.6. The van der Waals surface area contributed by atoms with Gasteiger partial charge in [0.05, 0.1) is 23.5 Å². The molecule has 1 fully saturated rings. The summed E-state index contributed by atoms with van der Waals surface area (Å²) in [7, 11) is 0. The molecular formula is C26H28ClF6N5O2. The first-order chi connectivity index (χ1) is 18.5. The number of nitrogens with one attached hydrogen (secondary N) is 1. The molecule has 0 spiro atoms. The Hall–Kier alpha value is -3.45. The Bertz CT molecular complexity index is 1300. The summed E-state index contributed by atoms with van der Waals surface area (Å²) in [6.45, 7) is 0.0982. The van der Waals surface area contributed by atoms with Gasteiger partial charge >= 0.3 is 6.18 Å². The minimum atomic E-state index is -4.93. The zero-order valence-electron chi connectivity index (χ0n) is 21.1. The molecule has 1 amide bonds. The molecule has 1 aromatic heterocycles. The van der Waals surface area contributed by atoms with Gasteiger partial charge in [-0.1, -0.05) is 12.1 Å². The van der Waals surface area contributed by atoms with Crippen molar-refractivity contribution in [3.05, 3.63) is 65.7 Å². The minimum absolute atomic E-state index is 0. The number of hydrogen-bond donors (Lipinski definition) is 2. The zero-order valence-corrected chi connectivity index (χ0v) is 22.0. The third-order valence-electron chi connectivity index (χ3n) is 6.29. The van der Waals surface area contributed by atoms with E-state index in [9.17, 15) is 31.1 Å². The van der Waals surface area contributed by atoms with E-state index in [1.165, 1.54) is 41.4 Å². The molecule has 218 valence electrons. The molecule has 40 heavy (non-hydrogen) atoms. The Morgan fingerprint density at radius 1 is 1.15 bits per heavy atom. The SMILES string of the molecule is Cl.NC[C@@H]1CCCN(c2c(NC(=O)Cc3ccn(CC(F)F)n3)ccc(Oc3ccccc3F)c2C(F)(F)F)C1. The van der Waals surface area contributed by atoms with Crippen LogP contribution < -0.4 is 20.7 Å². The van der Waals surface area contributed by atoms with Crippen LogP contribution in [0.15, 0.2) is 48.7 Å². The number of rotatable bonds is 9. The quantitative estimate of drug-likeness (QED) is 0.304. The van der Waals surface area contributed by atoms with Crippen molar-refractivity contribution in [2.24, 2.45) is 11.7 Å². The molecule has 1 aliphatic heterocycles. The van der Waals surface area contributed by atoms with Gasteiger partial charge in [-0.05, 0) is 55.6 Å². The van der Waals surface area contributed by atoms with Crippen LogP contribution in [0, 0.1) is 11.7 Å². The molecule has 1 atom stereocenters. The van der Waals surface area contributed by atoms with Crippen molar-refractivity contribution in [3.8, 4) is 11.5 Å². The molecule has 1 saturated heterocycles. The van der Waals surface area contributed by atoms with E-state index >= 15 is 0 Å². The number of benzene rings is 2. The van der Waals surface area contributed by atoms with Crippen LogP contribution in [0.2, 0.25) is 0 Å². The van der Waals surface area contributed by atoms with Gasteiger partial charge < -0.3 is 20.7 Å². The number of ether oxygens (including phenoxy) is 1. The van der Waals surface area contributed by atoms with Crippen LogP contribution >= 0.6 is 12.4 Å². The maximum absolute atomic E-state index is 14.6. The molecular weight excluding hydrogens is 564 g/mol. The van der Waals surface area contributed by atoms with E-state index in [0.29, 0.717) is 6.42 Å². The van der Waals surface area contributed by atoms with Gasteiger partial charge in [-0.15, -0.1) is 12.4 Å². The van der Waals surface area contributed by atoms with E-state index in [0.717, 1.165) is 23.2 Å². The normalized spacial score (nSPS) is 15.6. The summed E-state index contributed by atoms with van der Waals surface area (Å²) in [6.07, 6.45) is -5.31. The van der Waals surface area contributed by atoms with Gasteiger partial charge in [0.2, 0.25) is 5.91 Å². The summed E-state index contributed by atoms with van der Waals surface area (Å²) >= 11 is 0. The Morgan fingerprint density at radius 2 is 1.90 bits per heavy atom. The van der Waals surface area contributed by atoms with Gasteiger partial charge in [0, 0.05) is 19.3 Å². The first kappa shape index (κ1) is 31.1. The predicted molar refractivity (Wildman–Crippen MR) is 140 cm³/mol. The molecule has 2 heterocycles. The third-order valence-corrected chi connectivity index (χ3v) is 6.29. The lowest BCUT2D eigenvalue weighted by atomic mass is 9.96. The van der Waals surface area contributed by atoms with E-state index in [1.807, 2.05) is 0 Å². The van der Waals surface area contributed by atoms with Crippen LogP contribution in [0.1, 0.15) is 24.1 Å². The Morgan fingerprint density at radius 3 is 2.58 bits per heavy atom. The van der Waals surface area contributed by atoms with E-state index < -0.39 is 42.2 Å². The Balaban J connectivity index is 0.00000441. The number of nitrogens with zero attached hydrogens (tertiary/aromatic N) is 3. The van der Waals surface area contributed by atoms with Gasteiger partial charge in [-0.3, -0.25) is 9.48 Å². The highest BCUT2D eigenvalue weighted by molar-refractivity contribution is 5.96. The topological polar surface area (TPSA) is 85.4 Å². The van der Waals surface area contributed by atoms with Crippen LogP contribution in [0.25, 0.3) is 0 Å². The Labute approximate surface area is 232 Å². The van der Waals surface area contributed by atoms with Crippen molar-refractivity contribution in [3.63, 3.8) is 0 Å². The fourth-order valence-electron chi connectivity index (χ4n) is 4.57. The standard InChI is InChI=1S/C26H27F6N5O2.ClH/c27-18-5-1-2-6-20(18)39-21-8-7-19(34-23(38)12-17-9-11-37(35-17)15-22(28)29)25(24(21)26(30,31)32)36-10-3-4-16(13-33)14-36;/h1-2,5-9,11,16,22H,3-4,10,12-15,33H2,(H,34,38);1H/t16-;/m0./s1. The molecule has 0 aliphatic carbocycles. The lowest BCUT2D eigenvalue weighted by molar-refractivity contribution is -0.138. The summed E-state index contributed by atoms with van der Waals surface area (Å²) < 4.78 is 89.7. The van der Waals surface area contributed by atoms with E-state index in [-0.39, 0.29) is 67.2 Å². The lowest BCUT2D eigenvalue weighted by Gasteiger charge is -2.37. The summed E-state index contributed by atoms with van der Waals surface area (Å²) in [5.41, 5.74) is 4.38. The highest BCUT2D eigenvalue weighted by Crippen LogP contribution is 2.48. The molecule has 0 unspecified atom stereocenters. The van der Waals surface area contributed by atoms with Crippen molar-refractivity contribution < 1.29 is 35.9 Å². The summed E-state index contributed by atoms with van der Waals surface area (Å²) in [5, 5.41) is 6.42. The number of aromatic nitrogens is 2. The van der Waals surface area contributed by atoms with Crippen LogP contribution in [-0.4, -0.2) is 41.7 Å². The van der Waals surface area contributed by atoms with Gasteiger partial charge in [0.15, 0.2) is 11.6 Å². The number of alkyl halides is 5. The second-order valence-electron chi connectivity index (χ2n) is 9.20. The number of piperidine rings is 1. The Kier molecular flexibility index (Phi) is 10.3. The number of carbonyl (C=O) groups excluding carboxylic acids is 1. The van der Waals surface area contributed by atoms with Crippen molar-refractivity contribution in [2.45, 2.75) is 38.4 Å². The van der Waals surface area contributed by atoms with Crippen LogP contribution in [-0.2, 0) is 23.9 Å². The number of nitrogens with two attached hydrogens (primary N) is 1. The smallest absolute Gasteiger partial charge is 0.422 e. The third kappa shape index (κ3) is 7.60. The average molecular weight is 592 g/mol. The van der Waals surface area contributed by atoms with E-state index in [1.54, 1.807) is 0 Å².